The zero-order valence-electron chi connectivity index (χ0n) is 22.1. The molecule has 0 radical (unpaired) electrons. The van der Waals surface area contributed by atoms with E-state index in [0.29, 0.717) is 5.56 Å². The first-order valence-corrected chi connectivity index (χ1v) is 15.4. The van der Waals surface area contributed by atoms with Crippen LogP contribution in [0.2, 0.25) is 0 Å². The van der Waals surface area contributed by atoms with E-state index in [9.17, 15) is 26.7 Å². The molecule has 1 fully saturated rings. The third-order valence-electron chi connectivity index (χ3n) is 6.47. The Labute approximate surface area is 239 Å². The van der Waals surface area contributed by atoms with Crippen LogP contribution in [0.15, 0.2) is 110 Å². The quantitative estimate of drug-likeness (QED) is 0.271. The molecule has 2 aromatic heterocycles. The molecule has 0 aliphatic heterocycles. The first-order valence-electron chi connectivity index (χ1n) is 12.9. The van der Waals surface area contributed by atoms with Gasteiger partial charge in [0.05, 0.1) is 22.2 Å². The number of hydrogen-bond acceptors (Lipinski definition) is 9. The molecule has 2 N–H and O–H groups in total. The van der Waals surface area contributed by atoms with Crippen LogP contribution in [0.4, 0.5) is 5.69 Å². The van der Waals surface area contributed by atoms with E-state index >= 15 is 0 Å². The van der Waals surface area contributed by atoms with Gasteiger partial charge in [-0.2, -0.15) is 8.42 Å². The normalized spacial score (nSPS) is 14.3. The minimum atomic E-state index is -3.89. The number of benzene rings is 2. The Bertz CT molecular complexity index is 1740. The summed E-state index contributed by atoms with van der Waals surface area (Å²) in [7, 11) is -6.52. The van der Waals surface area contributed by atoms with E-state index in [0.717, 1.165) is 12.8 Å². The fourth-order valence-electron chi connectivity index (χ4n) is 4.44. The molecule has 0 amide bonds. The molecule has 0 spiro atoms. The number of nitrogens with one attached hydrogen (secondary N) is 1. The van der Waals surface area contributed by atoms with Crippen molar-refractivity contribution in [2.45, 2.75) is 43.0 Å². The molecule has 2 aromatic carbocycles. The van der Waals surface area contributed by atoms with E-state index in [1.54, 1.807) is 55.7 Å². The summed E-state index contributed by atoms with van der Waals surface area (Å²) in [5.74, 6) is -0.753. The summed E-state index contributed by atoms with van der Waals surface area (Å²) in [6.45, 7) is 1.73. The van der Waals surface area contributed by atoms with Gasteiger partial charge in [0.2, 0.25) is 10.0 Å². The molecular weight excluding hydrogens is 566 g/mol. The Morgan fingerprint density at radius 2 is 1.71 bits per heavy atom. The van der Waals surface area contributed by atoms with Crippen LogP contribution < -0.4 is 10.3 Å². The second kappa shape index (κ2) is 13.5. The lowest BCUT2D eigenvalue weighted by atomic mass is 9.87. The van der Waals surface area contributed by atoms with Crippen molar-refractivity contribution < 1.29 is 26.4 Å². The highest BCUT2D eigenvalue weighted by atomic mass is 32.2. The minimum absolute atomic E-state index is 0.00157. The zero-order chi connectivity index (χ0) is 29.4. The highest BCUT2D eigenvalue weighted by Gasteiger charge is 2.38. The number of pyridine rings is 1. The number of hydrogen-bond donors (Lipinski definition) is 2. The summed E-state index contributed by atoms with van der Waals surface area (Å²) in [5, 5.41) is 10.9. The van der Waals surface area contributed by atoms with Gasteiger partial charge in [0.1, 0.15) is 11.5 Å². The lowest BCUT2D eigenvalue weighted by Crippen LogP contribution is -2.29. The Morgan fingerprint density at radius 3 is 2.24 bits per heavy atom. The molecule has 41 heavy (non-hydrogen) atoms. The molecule has 0 saturated heterocycles. The van der Waals surface area contributed by atoms with E-state index in [1.165, 1.54) is 24.3 Å². The van der Waals surface area contributed by atoms with Gasteiger partial charge in [-0.3, -0.25) is 4.98 Å². The standard InChI is InChI=1S/C24H24N2O7S2.C5H5N/c1-2-19(26-35(31,32)18-9-4-3-5-10-18)21-14-20(27)23(24(28)33-21)22(15-11-12-15)16-7-6-8-17(13-16)25-34(29)30;1-2-4-6-5-3-1/h3-10,13-15,19,22,26-27H,2,11-12H2,1H3;1-5H. The number of aromatic hydroxyl groups is 1. The molecule has 5 rings (SSSR count). The lowest BCUT2D eigenvalue weighted by Gasteiger charge is -2.20. The third kappa shape index (κ3) is 7.97. The van der Waals surface area contributed by atoms with Crippen molar-refractivity contribution in [3.63, 3.8) is 0 Å². The van der Waals surface area contributed by atoms with Gasteiger partial charge in [0, 0.05) is 24.4 Å². The van der Waals surface area contributed by atoms with Crippen molar-refractivity contribution in [2.75, 3.05) is 0 Å². The minimum Gasteiger partial charge on any atom is -0.507 e. The van der Waals surface area contributed by atoms with Crippen LogP contribution in [0.25, 0.3) is 0 Å². The number of sulfonamides is 1. The van der Waals surface area contributed by atoms with Gasteiger partial charge in [-0.15, -0.1) is 4.36 Å². The zero-order valence-corrected chi connectivity index (χ0v) is 23.8. The largest absolute Gasteiger partial charge is 0.507 e. The molecule has 214 valence electrons. The molecule has 1 aliphatic rings. The number of nitrogens with zero attached hydrogens (tertiary/aromatic N) is 2. The van der Waals surface area contributed by atoms with E-state index in [-0.39, 0.29) is 40.0 Å². The molecule has 10 nitrogen and oxygen atoms in total. The Morgan fingerprint density at radius 1 is 1.02 bits per heavy atom. The second-order valence-electron chi connectivity index (χ2n) is 9.37. The monoisotopic (exact) mass is 595 g/mol. The van der Waals surface area contributed by atoms with Crippen molar-refractivity contribution in [1.29, 1.82) is 0 Å². The average molecular weight is 596 g/mol. The number of rotatable bonds is 9. The molecule has 0 bridgehead atoms. The van der Waals surface area contributed by atoms with E-state index < -0.39 is 38.1 Å². The van der Waals surface area contributed by atoms with Gasteiger partial charge in [-0.05, 0) is 67.1 Å². The van der Waals surface area contributed by atoms with Crippen molar-refractivity contribution in [2.24, 2.45) is 10.3 Å². The van der Waals surface area contributed by atoms with Crippen LogP contribution >= 0.6 is 0 Å². The first-order chi connectivity index (χ1) is 19.7. The summed E-state index contributed by atoms with van der Waals surface area (Å²) in [5.41, 5.74) is 0.121. The highest BCUT2D eigenvalue weighted by Crippen LogP contribution is 2.48. The van der Waals surface area contributed by atoms with Crippen LogP contribution in [0.3, 0.4) is 0 Å². The van der Waals surface area contributed by atoms with Gasteiger partial charge in [0.15, 0.2) is 0 Å². The van der Waals surface area contributed by atoms with Crippen LogP contribution in [0.1, 0.15) is 55.0 Å². The Kier molecular flexibility index (Phi) is 9.82. The van der Waals surface area contributed by atoms with Gasteiger partial charge >= 0.3 is 16.1 Å². The van der Waals surface area contributed by atoms with Gasteiger partial charge in [-0.25, -0.2) is 17.9 Å². The van der Waals surface area contributed by atoms with E-state index in [4.69, 9.17) is 4.42 Å². The lowest BCUT2D eigenvalue weighted by molar-refractivity contribution is 0.373. The maximum atomic E-state index is 13.1. The van der Waals surface area contributed by atoms with Crippen LogP contribution in [-0.4, -0.2) is 26.9 Å². The molecular formula is C29H29N3O7S2. The topological polar surface area (TPSA) is 156 Å². The molecule has 4 aromatic rings. The van der Waals surface area contributed by atoms with Crippen molar-refractivity contribution in [3.8, 4) is 5.75 Å². The molecule has 1 aliphatic carbocycles. The summed E-state index contributed by atoms with van der Waals surface area (Å²) >= 11 is 0. The van der Waals surface area contributed by atoms with Gasteiger partial charge in [-0.1, -0.05) is 43.3 Å². The molecule has 2 unspecified atom stereocenters. The maximum absolute atomic E-state index is 13.1. The number of aromatic nitrogens is 1. The van der Waals surface area contributed by atoms with Gasteiger partial charge < -0.3 is 9.52 Å². The fraction of sp³-hybridized carbons (Fsp3) is 0.241. The summed E-state index contributed by atoms with van der Waals surface area (Å²) in [6.07, 6.45) is 5.43. The van der Waals surface area contributed by atoms with E-state index in [2.05, 4.69) is 14.1 Å². The third-order valence-corrected chi connectivity index (χ3v) is 8.32. The smallest absolute Gasteiger partial charge is 0.343 e. The molecule has 2 atom stereocenters. The second-order valence-corrected chi connectivity index (χ2v) is 11.7. The first kappa shape index (κ1) is 29.8. The fourth-order valence-corrected chi connectivity index (χ4v) is 6.04. The van der Waals surface area contributed by atoms with Crippen molar-refractivity contribution in [3.05, 3.63) is 119 Å². The van der Waals surface area contributed by atoms with Crippen molar-refractivity contribution in [1.82, 2.24) is 9.71 Å². The Hall–Kier alpha value is -4.13. The molecule has 12 heteroatoms. The van der Waals surface area contributed by atoms with Gasteiger partial charge in [0.25, 0.3) is 0 Å². The summed E-state index contributed by atoms with van der Waals surface area (Å²) in [4.78, 5) is 17.0. The summed E-state index contributed by atoms with van der Waals surface area (Å²) in [6, 6.07) is 20.4. The predicted octanol–water partition coefficient (Wildman–Crippen LogP) is 5.09. The highest BCUT2D eigenvalue weighted by molar-refractivity contribution is 7.89. The van der Waals surface area contributed by atoms with E-state index in [1.807, 2.05) is 18.2 Å². The van der Waals surface area contributed by atoms with Crippen LogP contribution in [0.5, 0.6) is 5.75 Å². The van der Waals surface area contributed by atoms with Crippen LogP contribution in [-0.2, 0) is 20.5 Å². The maximum Gasteiger partial charge on any atom is 0.343 e. The predicted molar refractivity (Wildman–Crippen MR) is 153 cm³/mol. The average Bonchev–Trinajstić information content (AvgIpc) is 3.80. The van der Waals surface area contributed by atoms with Crippen molar-refractivity contribution >= 4 is 26.2 Å². The molecule has 2 heterocycles. The summed E-state index contributed by atoms with van der Waals surface area (Å²) < 4.78 is 59.1. The van der Waals surface area contributed by atoms with Crippen LogP contribution in [0, 0.1) is 5.92 Å². The SMILES string of the molecule is CCC(NS(=O)(=O)c1ccccc1)c1cc(O)c(C(c2cccc(N=S(=O)=O)c2)C2CC2)c(=O)o1.c1ccncc1. The Balaban J connectivity index is 0.000000572. The molecule has 1 saturated carbocycles.